The molecule has 158 valence electrons. The number of thioether (sulfide) groups is 1. The summed E-state index contributed by atoms with van der Waals surface area (Å²) < 4.78 is 6.75. The lowest BCUT2D eigenvalue weighted by Gasteiger charge is -2.13. The van der Waals surface area contributed by atoms with Crippen molar-refractivity contribution in [1.29, 1.82) is 0 Å². The fourth-order valence-corrected chi connectivity index (χ4v) is 5.88. The third kappa shape index (κ3) is 3.97. The molecule has 0 unspecified atom stereocenters. The Kier molecular flexibility index (Phi) is 6.12. The fourth-order valence-electron chi connectivity index (χ4n) is 3.67. The lowest BCUT2D eigenvalue weighted by molar-refractivity contribution is 0.102. The number of carbonyl (C=O) groups excluding carboxylic acids is 1. The number of hydrogen-bond acceptors (Lipinski definition) is 8. The third-order valence-electron chi connectivity index (χ3n) is 5.17. The second-order valence-electron chi connectivity index (χ2n) is 7.15. The predicted molar refractivity (Wildman–Crippen MR) is 117 cm³/mol. The summed E-state index contributed by atoms with van der Waals surface area (Å²) in [6, 6.07) is 3.87. The lowest BCUT2D eigenvalue weighted by atomic mass is 9.97. The number of benzene rings is 1. The molecule has 30 heavy (non-hydrogen) atoms. The summed E-state index contributed by atoms with van der Waals surface area (Å²) in [6.45, 7) is 0.712. The topological polar surface area (TPSA) is 102 Å². The molecule has 0 saturated carbocycles. The van der Waals surface area contributed by atoms with E-state index in [9.17, 15) is 19.8 Å². The van der Waals surface area contributed by atoms with Crippen LogP contribution in [0.25, 0.3) is 10.2 Å². The quantitative estimate of drug-likeness (QED) is 0.326. The Balaban J connectivity index is 1.68. The van der Waals surface area contributed by atoms with Crippen molar-refractivity contribution < 1.29 is 19.7 Å². The molecular weight excluding hydrogens is 424 g/mol. The zero-order valence-electron chi connectivity index (χ0n) is 16.5. The number of ether oxygens (including phenoxy) is 1. The minimum Gasteiger partial charge on any atom is -0.508 e. The molecule has 0 saturated heterocycles. The van der Waals surface area contributed by atoms with Crippen molar-refractivity contribution in [3.8, 4) is 11.5 Å². The van der Waals surface area contributed by atoms with Crippen LogP contribution >= 0.6 is 23.1 Å². The van der Waals surface area contributed by atoms with Crippen molar-refractivity contribution in [2.24, 2.45) is 0 Å². The average molecular weight is 447 g/mol. The number of methoxy groups -OCH3 is 1. The molecule has 0 aliphatic heterocycles. The summed E-state index contributed by atoms with van der Waals surface area (Å²) in [4.78, 5) is 32.6. The highest BCUT2D eigenvalue weighted by Crippen LogP contribution is 2.35. The molecule has 7 nitrogen and oxygen atoms in total. The van der Waals surface area contributed by atoms with Crippen molar-refractivity contribution >= 4 is 39.1 Å². The molecule has 9 heteroatoms. The number of ketones is 1. The van der Waals surface area contributed by atoms with E-state index in [-0.39, 0.29) is 34.2 Å². The van der Waals surface area contributed by atoms with Crippen LogP contribution in [0.5, 0.6) is 11.5 Å². The Labute approximate surface area is 181 Å². The van der Waals surface area contributed by atoms with E-state index in [0.717, 1.165) is 42.1 Å². The van der Waals surface area contributed by atoms with Crippen molar-refractivity contribution in [2.75, 3.05) is 19.5 Å². The second-order valence-corrected chi connectivity index (χ2v) is 9.17. The van der Waals surface area contributed by atoms with Gasteiger partial charge in [0.15, 0.2) is 10.9 Å². The molecule has 0 atom stereocenters. The van der Waals surface area contributed by atoms with Crippen LogP contribution < -0.4 is 5.56 Å². The number of aromatic hydroxyl groups is 2. The highest BCUT2D eigenvalue weighted by molar-refractivity contribution is 7.99. The highest BCUT2D eigenvalue weighted by atomic mass is 32.2. The summed E-state index contributed by atoms with van der Waals surface area (Å²) in [7, 11) is 1.58. The van der Waals surface area contributed by atoms with E-state index >= 15 is 0 Å². The fraction of sp³-hybridized carbons (Fsp3) is 0.381. The van der Waals surface area contributed by atoms with Crippen LogP contribution in [0, 0.1) is 0 Å². The van der Waals surface area contributed by atoms with E-state index in [4.69, 9.17) is 9.72 Å². The van der Waals surface area contributed by atoms with E-state index < -0.39 is 0 Å². The minimum absolute atomic E-state index is 0.00829. The number of fused-ring (bicyclic) bond motifs is 3. The van der Waals surface area contributed by atoms with Crippen LogP contribution in [0.2, 0.25) is 0 Å². The highest BCUT2D eigenvalue weighted by Gasteiger charge is 2.23. The maximum atomic E-state index is 13.3. The maximum Gasteiger partial charge on any atom is 0.263 e. The van der Waals surface area contributed by atoms with Crippen LogP contribution in [0.15, 0.2) is 28.2 Å². The average Bonchev–Trinajstić information content (AvgIpc) is 3.10. The van der Waals surface area contributed by atoms with E-state index in [1.807, 2.05) is 0 Å². The van der Waals surface area contributed by atoms with Gasteiger partial charge < -0.3 is 14.9 Å². The van der Waals surface area contributed by atoms with Gasteiger partial charge in [0.05, 0.1) is 29.9 Å². The Hall–Kier alpha value is -2.36. The molecule has 4 rings (SSSR count). The van der Waals surface area contributed by atoms with Crippen molar-refractivity contribution in [2.45, 2.75) is 37.4 Å². The molecule has 1 aliphatic carbocycles. The number of thiophene rings is 1. The van der Waals surface area contributed by atoms with Crippen LogP contribution in [-0.2, 0) is 24.1 Å². The number of carbonyl (C=O) groups is 1. The molecule has 2 N–H and O–H groups in total. The van der Waals surface area contributed by atoms with Gasteiger partial charge in [-0.3, -0.25) is 14.2 Å². The number of rotatable bonds is 7. The summed E-state index contributed by atoms with van der Waals surface area (Å²) in [5, 5.41) is 20.5. The Morgan fingerprint density at radius 3 is 2.87 bits per heavy atom. The van der Waals surface area contributed by atoms with Crippen LogP contribution in [-0.4, -0.2) is 45.0 Å². The number of aromatic nitrogens is 2. The molecule has 2 aromatic heterocycles. The first-order chi connectivity index (χ1) is 14.5. The first-order valence-electron chi connectivity index (χ1n) is 9.71. The number of phenols is 2. The van der Waals surface area contributed by atoms with Gasteiger partial charge in [-0.05, 0) is 43.4 Å². The van der Waals surface area contributed by atoms with E-state index in [2.05, 4.69) is 0 Å². The third-order valence-corrected chi connectivity index (χ3v) is 7.34. The number of aryl methyl sites for hydroxylation is 2. The molecule has 3 aromatic rings. The zero-order valence-corrected chi connectivity index (χ0v) is 18.1. The van der Waals surface area contributed by atoms with E-state index in [0.29, 0.717) is 23.7 Å². The number of phenolic OH excluding ortho intramolecular Hbond substituents is 2. The van der Waals surface area contributed by atoms with E-state index in [1.165, 1.54) is 28.8 Å². The van der Waals surface area contributed by atoms with Gasteiger partial charge in [0.25, 0.3) is 5.56 Å². The molecule has 0 bridgehead atoms. The smallest absolute Gasteiger partial charge is 0.263 e. The summed E-state index contributed by atoms with van der Waals surface area (Å²) in [5.41, 5.74) is 1.17. The monoisotopic (exact) mass is 446 g/mol. The molecular formula is C21H22N2O5S2. The van der Waals surface area contributed by atoms with Crippen molar-refractivity contribution in [1.82, 2.24) is 9.55 Å². The van der Waals surface area contributed by atoms with Crippen molar-refractivity contribution in [3.05, 3.63) is 44.6 Å². The van der Waals surface area contributed by atoms with Crippen LogP contribution in [0.1, 0.15) is 33.6 Å². The normalized spacial score (nSPS) is 13.5. The second kappa shape index (κ2) is 8.79. The lowest BCUT2D eigenvalue weighted by Crippen LogP contribution is -2.26. The summed E-state index contributed by atoms with van der Waals surface area (Å²) >= 11 is 2.74. The number of nitrogens with zero attached hydrogens (tertiary/aromatic N) is 2. The molecule has 0 spiro atoms. The predicted octanol–water partition coefficient (Wildman–Crippen LogP) is 3.37. The molecule has 0 radical (unpaired) electrons. The van der Waals surface area contributed by atoms with Gasteiger partial charge in [0.1, 0.15) is 16.3 Å². The molecule has 0 amide bonds. The number of Topliss-reactive ketones (excluding diaryl/α,β-unsaturated/α-hetero) is 1. The molecule has 0 fully saturated rings. The van der Waals surface area contributed by atoms with E-state index in [1.54, 1.807) is 23.0 Å². The minimum atomic E-state index is -0.310. The van der Waals surface area contributed by atoms with Crippen LogP contribution in [0.4, 0.5) is 0 Å². The first-order valence-corrected chi connectivity index (χ1v) is 11.5. The van der Waals surface area contributed by atoms with Gasteiger partial charge in [-0.15, -0.1) is 11.3 Å². The summed E-state index contributed by atoms with van der Waals surface area (Å²) in [5.74, 6) is -0.685. The van der Waals surface area contributed by atoms with Gasteiger partial charge in [0, 0.05) is 18.1 Å². The largest absolute Gasteiger partial charge is 0.508 e. The standard InChI is InChI=1S/C21H22N2O5S2/c1-28-9-8-23-20(27)18-14-4-2-3-5-17(14)30-19(18)22-21(23)29-11-16(26)13-7-6-12(24)10-15(13)25/h6-7,10,24-25H,2-5,8-9,11H2,1H3. The Morgan fingerprint density at radius 2 is 2.10 bits per heavy atom. The van der Waals surface area contributed by atoms with Crippen molar-refractivity contribution in [3.63, 3.8) is 0 Å². The first kappa shape index (κ1) is 20.9. The van der Waals surface area contributed by atoms with Gasteiger partial charge in [-0.25, -0.2) is 4.98 Å². The Morgan fingerprint density at radius 1 is 1.30 bits per heavy atom. The summed E-state index contributed by atoms with van der Waals surface area (Å²) in [6.07, 6.45) is 4.10. The molecule has 1 aliphatic rings. The van der Waals surface area contributed by atoms with Crippen LogP contribution in [0.3, 0.4) is 0 Å². The molecule has 1 aromatic carbocycles. The maximum absolute atomic E-state index is 13.3. The Bertz CT molecular complexity index is 1170. The van der Waals surface area contributed by atoms with Gasteiger partial charge in [-0.2, -0.15) is 0 Å². The van der Waals surface area contributed by atoms with Gasteiger partial charge in [0.2, 0.25) is 0 Å². The number of hydrogen-bond donors (Lipinski definition) is 2. The molecule has 2 heterocycles. The van der Waals surface area contributed by atoms with Gasteiger partial charge >= 0.3 is 0 Å². The van der Waals surface area contributed by atoms with Gasteiger partial charge in [-0.1, -0.05) is 11.8 Å². The SMILES string of the molecule is COCCn1c(SCC(=O)c2ccc(O)cc2O)nc2sc3c(c2c1=O)CCCC3. The zero-order chi connectivity index (χ0) is 21.3.